The Labute approximate surface area is 156 Å². The standard InChI is InChI=1S/C17H21N9O/c1-13-9-14(2)26(22-13)16-4-3-15(20-21-16)23-5-7-24(8-6-23)17(27)10-25-12-18-11-19-25/h3-4,9,11-12H,5-8,10H2,1-2H3. The first-order valence-corrected chi connectivity index (χ1v) is 8.82. The summed E-state index contributed by atoms with van der Waals surface area (Å²) >= 11 is 0. The predicted octanol–water partition coefficient (Wildman–Crippen LogP) is 0.219. The van der Waals surface area contributed by atoms with Crippen molar-refractivity contribution in [2.24, 2.45) is 0 Å². The molecule has 3 aromatic heterocycles. The number of hydrogen-bond donors (Lipinski definition) is 0. The lowest BCUT2D eigenvalue weighted by atomic mass is 10.3. The Balaban J connectivity index is 1.37. The number of piperazine rings is 1. The van der Waals surface area contributed by atoms with Crippen molar-refractivity contribution in [1.29, 1.82) is 0 Å². The first kappa shape index (κ1) is 17.1. The number of carbonyl (C=O) groups excluding carboxylic acids is 1. The van der Waals surface area contributed by atoms with E-state index < -0.39 is 0 Å². The zero-order chi connectivity index (χ0) is 18.8. The van der Waals surface area contributed by atoms with Gasteiger partial charge >= 0.3 is 0 Å². The summed E-state index contributed by atoms with van der Waals surface area (Å²) in [6.45, 7) is 6.90. The highest BCUT2D eigenvalue weighted by Crippen LogP contribution is 2.15. The third kappa shape index (κ3) is 3.64. The molecule has 4 heterocycles. The molecule has 27 heavy (non-hydrogen) atoms. The van der Waals surface area contributed by atoms with Crippen molar-refractivity contribution in [3.8, 4) is 5.82 Å². The molecule has 1 saturated heterocycles. The van der Waals surface area contributed by atoms with Crippen LogP contribution in [0, 0.1) is 13.8 Å². The quantitative estimate of drug-likeness (QED) is 0.650. The molecule has 0 N–H and O–H groups in total. The van der Waals surface area contributed by atoms with Gasteiger partial charge in [-0.15, -0.1) is 10.2 Å². The van der Waals surface area contributed by atoms with Gasteiger partial charge in [0, 0.05) is 31.9 Å². The van der Waals surface area contributed by atoms with Gasteiger partial charge in [0.25, 0.3) is 0 Å². The molecule has 1 amide bonds. The Morgan fingerprint density at radius 1 is 1.07 bits per heavy atom. The van der Waals surface area contributed by atoms with Crippen LogP contribution in [0.5, 0.6) is 0 Å². The minimum atomic E-state index is 0.0473. The van der Waals surface area contributed by atoms with E-state index in [-0.39, 0.29) is 12.5 Å². The maximum absolute atomic E-state index is 12.3. The van der Waals surface area contributed by atoms with E-state index in [1.54, 1.807) is 11.0 Å². The number of nitrogens with zero attached hydrogens (tertiary/aromatic N) is 9. The molecular weight excluding hydrogens is 346 g/mol. The van der Waals surface area contributed by atoms with Crippen LogP contribution in [0.1, 0.15) is 11.4 Å². The Hall–Kier alpha value is -3.30. The molecule has 3 aromatic rings. The average molecular weight is 367 g/mol. The van der Waals surface area contributed by atoms with Gasteiger partial charge in [-0.1, -0.05) is 0 Å². The van der Waals surface area contributed by atoms with E-state index in [4.69, 9.17) is 0 Å². The highest BCUT2D eigenvalue weighted by atomic mass is 16.2. The Kier molecular flexibility index (Phi) is 4.53. The van der Waals surface area contributed by atoms with Crippen molar-refractivity contribution < 1.29 is 4.79 Å². The van der Waals surface area contributed by atoms with Gasteiger partial charge in [-0.25, -0.2) is 14.3 Å². The second-order valence-electron chi connectivity index (χ2n) is 6.55. The minimum Gasteiger partial charge on any atom is -0.352 e. The van der Waals surface area contributed by atoms with Gasteiger partial charge in [-0.05, 0) is 32.0 Å². The van der Waals surface area contributed by atoms with Crippen molar-refractivity contribution in [2.75, 3.05) is 31.1 Å². The number of aromatic nitrogens is 7. The van der Waals surface area contributed by atoms with E-state index >= 15 is 0 Å². The summed E-state index contributed by atoms with van der Waals surface area (Å²) < 4.78 is 3.32. The second-order valence-corrected chi connectivity index (χ2v) is 6.55. The molecule has 1 aliphatic heterocycles. The minimum absolute atomic E-state index is 0.0473. The van der Waals surface area contributed by atoms with E-state index in [0.717, 1.165) is 30.3 Å². The van der Waals surface area contributed by atoms with Crippen LogP contribution < -0.4 is 4.90 Å². The third-order valence-electron chi connectivity index (χ3n) is 4.58. The molecule has 0 bridgehead atoms. The first-order chi connectivity index (χ1) is 13.1. The third-order valence-corrected chi connectivity index (χ3v) is 4.58. The molecule has 1 fully saturated rings. The lowest BCUT2D eigenvalue weighted by molar-refractivity contribution is -0.132. The molecule has 10 heteroatoms. The molecule has 140 valence electrons. The van der Waals surface area contributed by atoms with Crippen molar-refractivity contribution in [3.63, 3.8) is 0 Å². The van der Waals surface area contributed by atoms with Crippen LogP contribution in [0.25, 0.3) is 5.82 Å². The Bertz CT molecular complexity index is 909. The first-order valence-electron chi connectivity index (χ1n) is 8.82. The molecule has 1 aliphatic rings. The number of carbonyl (C=O) groups is 1. The molecule has 0 atom stereocenters. The van der Waals surface area contributed by atoms with E-state index in [2.05, 4.69) is 30.3 Å². The van der Waals surface area contributed by atoms with E-state index in [9.17, 15) is 4.79 Å². The summed E-state index contributed by atoms with van der Waals surface area (Å²) in [5.74, 6) is 1.56. The molecule has 4 rings (SSSR count). The highest BCUT2D eigenvalue weighted by Gasteiger charge is 2.22. The number of aryl methyl sites for hydroxylation is 2. The van der Waals surface area contributed by atoms with Crippen LogP contribution in [0.2, 0.25) is 0 Å². The second kappa shape index (κ2) is 7.14. The van der Waals surface area contributed by atoms with E-state index in [1.165, 1.54) is 11.0 Å². The van der Waals surface area contributed by atoms with Crippen molar-refractivity contribution in [3.05, 3.63) is 42.2 Å². The lowest BCUT2D eigenvalue weighted by Gasteiger charge is -2.35. The maximum Gasteiger partial charge on any atom is 0.244 e. The number of anilines is 1. The molecule has 0 saturated carbocycles. The van der Waals surface area contributed by atoms with Gasteiger partial charge in [0.1, 0.15) is 19.2 Å². The topological polar surface area (TPSA) is 97.9 Å². The van der Waals surface area contributed by atoms with E-state index in [1.807, 2.05) is 36.9 Å². The summed E-state index contributed by atoms with van der Waals surface area (Å²) in [6.07, 6.45) is 2.98. The SMILES string of the molecule is Cc1cc(C)n(-c2ccc(N3CCN(C(=O)Cn4cncn4)CC3)nn2)n1. The zero-order valence-electron chi connectivity index (χ0n) is 15.4. The Morgan fingerprint density at radius 3 is 2.41 bits per heavy atom. The largest absolute Gasteiger partial charge is 0.352 e. The molecule has 0 radical (unpaired) electrons. The highest BCUT2D eigenvalue weighted by molar-refractivity contribution is 5.76. The van der Waals surface area contributed by atoms with Crippen LogP contribution >= 0.6 is 0 Å². The fourth-order valence-electron chi connectivity index (χ4n) is 3.20. The fourth-order valence-corrected chi connectivity index (χ4v) is 3.20. The number of hydrogen-bond acceptors (Lipinski definition) is 7. The summed E-state index contributed by atoms with van der Waals surface area (Å²) in [5.41, 5.74) is 1.97. The van der Waals surface area contributed by atoms with Crippen molar-refractivity contribution in [1.82, 2.24) is 39.6 Å². The van der Waals surface area contributed by atoms with Gasteiger partial charge in [-0.2, -0.15) is 10.2 Å². The summed E-state index contributed by atoms with van der Waals surface area (Å²) in [5, 5.41) is 17.1. The maximum atomic E-state index is 12.3. The smallest absolute Gasteiger partial charge is 0.244 e. The normalized spacial score (nSPS) is 14.6. The zero-order valence-corrected chi connectivity index (χ0v) is 15.4. The Morgan fingerprint density at radius 2 is 1.81 bits per heavy atom. The number of rotatable bonds is 4. The summed E-state index contributed by atoms with van der Waals surface area (Å²) in [4.78, 5) is 20.2. The van der Waals surface area contributed by atoms with Crippen LogP contribution in [0.4, 0.5) is 5.82 Å². The summed E-state index contributed by atoms with van der Waals surface area (Å²) in [7, 11) is 0. The molecule has 0 aliphatic carbocycles. The van der Waals surface area contributed by atoms with Gasteiger partial charge < -0.3 is 9.80 Å². The van der Waals surface area contributed by atoms with Crippen LogP contribution in [0.3, 0.4) is 0 Å². The van der Waals surface area contributed by atoms with Gasteiger partial charge in [0.15, 0.2) is 11.6 Å². The molecule has 0 spiro atoms. The fraction of sp³-hybridized carbons (Fsp3) is 0.412. The van der Waals surface area contributed by atoms with Crippen LogP contribution in [-0.4, -0.2) is 71.7 Å². The monoisotopic (exact) mass is 367 g/mol. The van der Waals surface area contributed by atoms with Gasteiger partial charge in [-0.3, -0.25) is 4.79 Å². The molecule has 0 aromatic carbocycles. The average Bonchev–Trinajstić information content (AvgIpc) is 3.31. The van der Waals surface area contributed by atoms with E-state index in [0.29, 0.717) is 18.9 Å². The van der Waals surface area contributed by atoms with Gasteiger partial charge in [0.05, 0.1) is 5.69 Å². The van der Waals surface area contributed by atoms with Gasteiger partial charge in [0.2, 0.25) is 5.91 Å². The predicted molar refractivity (Wildman–Crippen MR) is 97.4 cm³/mol. The summed E-state index contributed by atoms with van der Waals surface area (Å²) in [6, 6.07) is 5.88. The van der Waals surface area contributed by atoms with Crippen LogP contribution in [0.15, 0.2) is 30.9 Å². The number of amides is 1. The lowest BCUT2D eigenvalue weighted by Crippen LogP contribution is -2.50. The van der Waals surface area contributed by atoms with Crippen molar-refractivity contribution in [2.45, 2.75) is 20.4 Å². The molecule has 0 unspecified atom stereocenters. The van der Waals surface area contributed by atoms with Crippen LogP contribution in [-0.2, 0) is 11.3 Å². The molecule has 10 nitrogen and oxygen atoms in total. The molecular formula is C17H21N9O. The van der Waals surface area contributed by atoms with Crippen molar-refractivity contribution >= 4 is 11.7 Å².